The lowest BCUT2D eigenvalue weighted by Crippen LogP contribution is -2.23. The van der Waals surface area contributed by atoms with Crippen molar-refractivity contribution in [3.8, 4) is 0 Å². The third kappa shape index (κ3) is 3.54. The molecule has 0 radical (unpaired) electrons. The second-order valence-electron chi connectivity index (χ2n) is 6.39. The molecule has 2 aromatic carbocycles. The molecule has 0 saturated carbocycles. The molecule has 0 saturated heterocycles. The highest BCUT2D eigenvalue weighted by molar-refractivity contribution is 5.35. The third-order valence-electron chi connectivity index (χ3n) is 4.71. The fourth-order valence-corrected chi connectivity index (χ4v) is 3.39. The van der Waals surface area contributed by atoms with Crippen molar-refractivity contribution in [2.45, 2.75) is 51.5 Å². The predicted octanol–water partition coefficient (Wildman–Crippen LogP) is 3.99. The minimum Gasteiger partial charge on any atom is -0.327 e. The zero-order valence-electron chi connectivity index (χ0n) is 12.9. The third-order valence-corrected chi connectivity index (χ3v) is 4.71. The van der Waals surface area contributed by atoms with E-state index < -0.39 is 0 Å². The minimum atomic E-state index is 0.254. The smallest absolute Gasteiger partial charge is 0.00824 e. The van der Waals surface area contributed by atoms with Crippen LogP contribution in [0.2, 0.25) is 0 Å². The summed E-state index contributed by atoms with van der Waals surface area (Å²) >= 11 is 0. The molecule has 110 valence electrons. The molecule has 1 aliphatic rings. The quantitative estimate of drug-likeness (QED) is 0.880. The Hall–Kier alpha value is -1.60. The monoisotopic (exact) mass is 279 g/mol. The molecule has 0 spiro atoms. The van der Waals surface area contributed by atoms with Crippen molar-refractivity contribution in [1.29, 1.82) is 0 Å². The van der Waals surface area contributed by atoms with Crippen LogP contribution in [0.15, 0.2) is 42.5 Å². The molecule has 2 aromatic rings. The van der Waals surface area contributed by atoms with Crippen molar-refractivity contribution in [3.05, 3.63) is 70.3 Å². The Morgan fingerprint density at radius 2 is 1.86 bits per heavy atom. The summed E-state index contributed by atoms with van der Waals surface area (Å²) < 4.78 is 0. The minimum absolute atomic E-state index is 0.254. The molecule has 2 N–H and O–H groups in total. The van der Waals surface area contributed by atoms with Crippen LogP contribution >= 0.6 is 0 Å². The summed E-state index contributed by atoms with van der Waals surface area (Å²) in [6, 6.07) is 15.8. The van der Waals surface area contributed by atoms with Gasteiger partial charge in [0.1, 0.15) is 0 Å². The van der Waals surface area contributed by atoms with E-state index in [9.17, 15) is 0 Å². The van der Waals surface area contributed by atoms with Gasteiger partial charge in [-0.2, -0.15) is 0 Å². The molecule has 21 heavy (non-hydrogen) atoms. The molecule has 1 atom stereocenters. The SMILES string of the molecule is Cc1ccccc1CCC(N)Cc1ccc2c(c1)CCC2. The topological polar surface area (TPSA) is 26.0 Å². The average Bonchev–Trinajstić information content (AvgIpc) is 2.94. The molecule has 0 aromatic heterocycles. The van der Waals surface area contributed by atoms with E-state index in [1.165, 1.54) is 36.0 Å². The number of fused-ring (bicyclic) bond motifs is 1. The van der Waals surface area contributed by atoms with Gasteiger partial charge in [0.2, 0.25) is 0 Å². The van der Waals surface area contributed by atoms with Crippen molar-refractivity contribution in [3.63, 3.8) is 0 Å². The van der Waals surface area contributed by atoms with Gasteiger partial charge >= 0.3 is 0 Å². The molecule has 3 rings (SSSR count). The van der Waals surface area contributed by atoms with Crippen LogP contribution in [-0.4, -0.2) is 6.04 Å². The highest BCUT2D eigenvalue weighted by Crippen LogP contribution is 2.23. The zero-order valence-corrected chi connectivity index (χ0v) is 12.9. The summed E-state index contributed by atoms with van der Waals surface area (Å²) in [5.41, 5.74) is 13.7. The van der Waals surface area contributed by atoms with Gasteiger partial charge < -0.3 is 5.73 Å². The Morgan fingerprint density at radius 3 is 2.71 bits per heavy atom. The number of aryl methyl sites for hydroxylation is 4. The molecule has 1 unspecified atom stereocenters. The zero-order chi connectivity index (χ0) is 14.7. The maximum atomic E-state index is 6.35. The number of benzene rings is 2. The van der Waals surface area contributed by atoms with E-state index in [1.807, 2.05) is 0 Å². The van der Waals surface area contributed by atoms with Gasteiger partial charge in [-0.1, -0.05) is 42.5 Å². The molecule has 0 aliphatic heterocycles. The normalized spacial score (nSPS) is 15.0. The Balaban J connectivity index is 1.57. The first-order chi connectivity index (χ1) is 10.2. The van der Waals surface area contributed by atoms with Crippen LogP contribution in [0.5, 0.6) is 0 Å². The van der Waals surface area contributed by atoms with E-state index in [4.69, 9.17) is 5.73 Å². The van der Waals surface area contributed by atoms with Gasteiger partial charge in [-0.15, -0.1) is 0 Å². The van der Waals surface area contributed by atoms with Crippen LogP contribution < -0.4 is 5.73 Å². The summed E-state index contributed by atoms with van der Waals surface area (Å²) in [6.07, 6.45) is 6.97. The first-order valence-corrected chi connectivity index (χ1v) is 8.13. The first kappa shape index (κ1) is 14.3. The van der Waals surface area contributed by atoms with Gasteiger partial charge in [-0.3, -0.25) is 0 Å². The Labute approximate surface area is 128 Å². The van der Waals surface area contributed by atoms with Gasteiger partial charge in [0, 0.05) is 6.04 Å². The van der Waals surface area contributed by atoms with Gasteiger partial charge in [0.05, 0.1) is 0 Å². The van der Waals surface area contributed by atoms with E-state index >= 15 is 0 Å². The van der Waals surface area contributed by atoms with Crippen LogP contribution in [0, 0.1) is 6.92 Å². The van der Waals surface area contributed by atoms with Crippen LogP contribution in [0.25, 0.3) is 0 Å². The number of hydrogen-bond donors (Lipinski definition) is 1. The van der Waals surface area contributed by atoms with Gasteiger partial charge in [-0.25, -0.2) is 0 Å². The van der Waals surface area contributed by atoms with Gasteiger partial charge in [0.25, 0.3) is 0 Å². The van der Waals surface area contributed by atoms with E-state index in [1.54, 1.807) is 11.1 Å². The Bertz CT molecular complexity index is 615. The summed E-state index contributed by atoms with van der Waals surface area (Å²) in [5.74, 6) is 0. The molecule has 0 heterocycles. The molecule has 0 amide bonds. The van der Waals surface area contributed by atoms with Crippen LogP contribution in [-0.2, 0) is 25.7 Å². The molecule has 1 aliphatic carbocycles. The lowest BCUT2D eigenvalue weighted by Gasteiger charge is -2.13. The maximum absolute atomic E-state index is 6.35. The van der Waals surface area contributed by atoms with Crippen molar-refractivity contribution < 1.29 is 0 Å². The Morgan fingerprint density at radius 1 is 1.05 bits per heavy atom. The van der Waals surface area contributed by atoms with Crippen LogP contribution in [0.1, 0.15) is 40.7 Å². The first-order valence-electron chi connectivity index (χ1n) is 8.13. The molecule has 1 nitrogen and oxygen atoms in total. The number of hydrogen-bond acceptors (Lipinski definition) is 1. The number of rotatable bonds is 5. The summed E-state index contributed by atoms with van der Waals surface area (Å²) in [6.45, 7) is 2.18. The number of nitrogens with two attached hydrogens (primary N) is 1. The molecule has 0 fully saturated rings. The maximum Gasteiger partial charge on any atom is 0.00824 e. The molecular weight excluding hydrogens is 254 g/mol. The van der Waals surface area contributed by atoms with Crippen molar-refractivity contribution >= 4 is 0 Å². The lowest BCUT2D eigenvalue weighted by atomic mass is 9.96. The van der Waals surface area contributed by atoms with E-state index in [0.717, 1.165) is 19.3 Å². The standard InChI is InChI=1S/C20H25N/c1-15-5-2-3-6-17(15)11-12-20(21)14-16-9-10-18-7-4-8-19(18)13-16/h2-3,5-6,9-10,13,20H,4,7-8,11-12,14,21H2,1H3. The second kappa shape index (κ2) is 6.44. The highest BCUT2D eigenvalue weighted by Gasteiger charge is 2.12. The highest BCUT2D eigenvalue weighted by atomic mass is 14.6. The summed E-state index contributed by atoms with van der Waals surface area (Å²) in [4.78, 5) is 0. The molecular formula is C20H25N. The van der Waals surface area contributed by atoms with Crippen LogP contribution in [0.4, 0.5) is 0 Å². The second-order valence-corrected chi connectivity index (χ2v) is 6.39. The molecule has 1 heteroatoms. The predicted molar refractivity (Wildman–Crippen MR) is 89.6 cm³/mol. The Kier molecular flexibility index (Phi) is 4.40. The van der Waals surface area contributed by atoms with Gasteiger partial charge in [-0.05, 0) is 73.3 Å². The fraction of sp³-hybridized carbons (Fsp3) is 0.400. The van der Waals surface area contributed by atoms with Crippen molar-refractivity contribution in [2.24, 2.45) is 5.73 Å². The van der Waals surface area contributed by atoms with Gasteiger partial charge in [0.15, 0.2) is 0 Å². The largest absolute Gasteiger partial charge is 0.327 e. The van der Waals surface area contributed by atoms with Crippen molar-refractivity contribution in [1.82, 2.24) is 0 Å². The molecule has 0 bridgehead atoms. The van der Waals surface area contributed by atoms with E-state index in [2.05, 4.69) is 49.4 Å². The summed E-state index contributed by atoms with van der Waals surface area (Å²) in [5, 5.41) is 0. The van der Waals surface area contributed by atoms with Crippen LogP contribution in [0.3, 0.4) is 0 Å². The average molecular weight is 279 g/mol. The van der Waals surface area contributed by atoms with E-state index in [0.29, 0.717) is 0 Å². The summed E-state index contributed by atoms with van der Waals surface area (Å²) in [7, 11) is 0. The van der Waals surface area contributed by atoms with Crippen molar-refractivity contribution in [2.75, 3.05) is 0 Å². The lowest BCUT2D eigenvalue weighted by molar-refractivity contribution is 0.609. The van der Waals surface area contributed by atoms with E-state index in [-0.39, 0.29) is 6.04 Å². The fourth-order valence-electron chi connectivity index (χ4n) is 3.39.